The van der Waals surface area contributed by atoms with E-state index in [0.29, 0.717) is 0 Å². The van der Waals surface area contributed by atoms with E-state index < -0.39 is 17.6 Å². The second-order valence-corrected chi connectivity index (χ2v) is 3.00. The summed E-state index contributed by atoms with van der Waals surface area (Å²) in [6.45, 7) is -1.24. The van der Waals surface area contributed by atoms with Gasteiger partial charge in [0.2, 0.25) is 0 Å². The molecule has 1 aromatic rings. The van der Waals surface area contributed by atoms with Gasteiger partial charge in [-0.3, -0.25) is 10.1 Å². The molecule has 0 aliphatic heterocycles. The Kier molecular flexibility index (Phi) is 3.21. The summed E-state index contributed by atoms with van der Waals surface area (Å²) in [5.41, 5.74) is 5.00. The lowest BCUT2D eigenvalue weighted by Crippen LogP contribution is -2.21. The van der Waals surface area contributed by atoms with Crippen LogP contribution in [-0.4, -0.2) is 17.6 Å². The Morgan fingerprint density at radius 2 is 2.06 bits per heavy atom. The predicted molar refractivity (Wildman–Crippen MR) is 52.1 cm³/mol. The molecular formula is C8H8F3N3O2. The third kappa shape index (κ3) is 3.30. The van der Waals surface area contributed by atoms with E-state index in [0.717, 1.165) is 18.2 Å². The van der Waals surface area contributed by atoms with Crippen LogP contribution in [0.4, 0.5) is 30.2 Å². The number of rotatable bonds is 3. The van der Waals surface area contributed by atoms with Crippen molar-refractivity contribution in [3.8, 4) is 0 Å². The zero-order chi connectivity index (χ0) is 12.3. The van der Waals surface area contributed by atoms with Crippen LogP contribution in [-0.2, 0) is 0 Å². The minimum atomic E-state index is -4.37. The lowest BCUT2D eigenvalue weighted by Gasteiger charge is -2.11. The molecule has 1 rings (SSSR count). The van der Waals surface area contributed by atoms with Crippen LogP contribution in [0, 0.1) is 10.1 Å². The van der Waals surface area contributed by atoms with Crippen molar-refractivity contribution >= 4 is 17.1 Å². The topological polar surface area (TPSA) is 81.2 Å². The van der Waals surface area contributed by atoms with Crippen LogP contribution >= 0.6 is 0 Å². The first kappa shape index (κ1) is 12.1. The predicted octanol–water partition coefficient (Wildman–Crippen LogP) is 2.15. The van der Waals surface area contributed by atoms with Crippen molar-refractivity contribution in [3.63, 3.8) is 0 Å². The van der Waals surface area contributed by atoms with Crippen LogP contribution in [0.1, 0.15) is 0 Å². The van der Waals surface area contributed by atoms with Gasteiger partial charge in [0.1, 0.15) is 6.54 Å². The summed E-state index contributed by atoms with van der Waals surface area (Å²) in [5, 5.41) is 12.4. The average Bonchev–Trinajstić information content (AvgIpc) is 2.14. The maximum absolute atomic E-state index is 11.9. The summed E-state index contributed by atoms with van der Waals surface area (Å²) in [4.78, 5) is 9.65. The molecule has 88 valence electrons. The second kappa shape index (κ2) is 4.25. The summed E-state index contributed by atoms with van der Waals surface area (Å²) in [5.74, 6) is 0. The fourth-order valence-corrected chi connectivity index (χ4v) is 1.02. The molecule has 0 radical (unpaired) electrons. The Bertz CT molecular complexity index is 406. The summed E-state index contributed by atoms with van der Waals surface area (Å²) in [6, 6.07) is 3.22. The van der Waals surface area contributed by atoms with Gasteiger partial charge in [-0.1, -0.05) is 0 Å². The van der Waals surface area contributed by atoms with Crippen LogP contribution in [0.15, 0.2) is 18.2 Å². The van der Waals surface area contributed by atoms with Gasteiger partial charge in [-0.2, -0.15) is 13.2 Å². The molecular weight excluding hydrogens is 227 g/mol. The molecule has 0 saturated heterocycles. The number of hydrogen-bond donors (Lipinski definition) is 2. The molecule has 0 aliphatic rings. The number of benzene rings is 1. The van der Waals surface area contributed by atoms with Crippen molar-refractivity contribution < 1.29 is 18.1 Å². The van der Waals surface area contributed by atoms with E-state index in [2.05, 4.69) is 0 Å². The number of non-ortho nitro benzene ring substituents is 1. The van der Waals surface area contributed by atoms with E-state index in [4.69, 9.17) is 5.73 Å². The first-order valence-corrected chi connectivity index (χ1v) is 4.14. The standard InChI is InChI=1S/C8H8F3N3O2/c9-8(10,11)4-13-7-2-1-5(14(15)16)3-6(7)12/h1-3,13H,4,12H2. The van der Waals surface area contributed by atoms with Crippen LogP contribution in [0.2, 0.25) is 0 Å². The SMILES string of the molecule is Nc1cc([N+](=O)[O-])ccc1NCC(F)(F)F. The Labute approximate surface area is 88.2 Å². The fraction of sp³-hybridized carbons (Fsp3) is 0.250. The molecule has 0 unspecified atom stereocenters. The Balaban J connectivity index is 2.80. The molecule has 0 aromatic heterocycles. The van der Waals surface area contributed by atoms with Gasteiger partial charge in [-0.15, -0.1) is 0 Å². The number of nitrogens with zero attached hydrogens (tertiary/aromatic N) is 1. The van der Waals surface area contributed by atoms with Crippen LogP contribution in [0.3, 0.4) is 0 Å². The van der Waals surface area contributed by atoms with Crippen LogP contribution in [0.25, 0.3) is 0 Å². The van der Waals surface area contributed by atoms with Gasteiger partial charge in [-0.05, 0) is 6.07 Å². The fourth-order valence-electron chi connectivity index (χ4n) is 1.02. The minimum absolute atomic E-state index is 0.0166. The number of anilines is 2. The molecule has 0 fully saturated rings. The number of hydrogen-bond acceptors (Lipinski definition) is 4. The minimum Gasteiger partial charge on any atom is -0.397 e. The highest BCUT2D eigenvalue weighted by molar-refractivity contribution is 5.69. The Hall–Kier alpha value is -1.99. The first-order chi connectivity index (χ1) is 7.29. The van der Waals surface area contributed by atoms with E-state index >= 15 is 0 Å². The quantitative estimate of drug-likeness (QED) is 0.477. The summed E-state index contributed by atoms with van der Waals surface area (Å²) in [6.07, 6.45) is -4.37. The van der Waals surface area contributed by atoms with Crippen molar-refractivity contribution in [1.82, 2.24) is 0 Å². The van der Waals surface area contributed by atoms with Gasteiger partial charge in [0.25, 0.3) is 5.69 Å². The lowest BCUT2D eigenvalue weighted by atomic mass is 10.2. The van der Waals surface area contributed by atoms with E-state index in [1.807, 2.05) is 5.32 Å². The number of nitrogens with one attached hydrogen (secondary N) is 1. The number of halogens is 3. The summed E-state index contributed by atoms with van der Waals surface area (Å²) < 4.78 is 35.6. The molecule has 1 aromatic carbocycles. The average molecular weight is 235 g/mol. The van der Waals surface area contributed by atoms with Gasteiger partial charge >= 0.3 is 6.18 Å². The van der Waals surface area contributed by atoms with E-state index in [1.54, 1.807) is 0 Å². The molecule has 16 heavy (non-hydrogen) atoms. The Morgan fingerprint density at radius 1 is 1.44 bits per heavy atom. The highest BCUT2D eigenvalue weighted by Crippen LogP contribution is 2.25. The van der Waals surface area contributed by atoms with Crippen molar-refractivity contribution in [2.24, 2.45) is 0 Å². The van der Waals surface area contributed by atoms with Crippen molar-refractivity contribution in [1.29, 1.82) is 0 Å². The molecule has 0 saturated carbocycles. The molecule has 8 heteroatoms. The molecule has 3 N–H and O–H groups in total. The van der Waals surface area contributed by atoms with Crippen molar-refractivity contribution in [2.75, 3.05) is 17.6 Å². The second-order valence-electron chi connectivity index (χ2n) is 3.00. The molecule has 0 heterocycles. The van der Waals surface area contributed by atoms with Gasteiger partial charge in [0, 0.05) is 12.1 Å². The van der Waals surface area contributed by atoms with Gasteiger partial charge < -0.3 is 11.1 Å². The monoisotopic (exact) mass is 235 g/mol. The highest BCUT2D eigenvalue weighted by Gasteiger charge is 2.27. The number of nitro groups is 1. The summed E-state index contributed by atoms with van der Waals surface area (Å²) >= 11 is 0. The highest BCUT2D eigenvalue weighted by atomic mass is 19.4. The normalized spacial score (nSPS) is 11.2. The van der Waals surface area contributed by atoms with Crippen molar-refractivity contribution in [2.45, 2.75) is 6.18 Å². The zero-order valence-electron chi connectivity index (χ0n) is 7.91. The largest absolute Gasteiger partial charge is 0.405 e. The van der Waals surface area contributed by atoms with Crippen LogP contribution in [0.5, 0.6) is 0 Å². The molecule has 0 aliphatic carbocycles. The third-order valence-corrected chi connectivity index (χ3v) is 1.73. The van der Waals surface area contributed by atoms with Gasteiger partial charge in [0.05, 0.1) is 16.3 Å². The number of nitrogen functional groups attached to an aromatic ring is 1. The number of nitrogens with two attached hydrogens (primary N) is 1. The number of nitro benzene ring substituents is 1. The van der Waals surface area contributed by atoms with Gasteiger partial charge in [-0.25, -0.2) is 0 Å². The van der Waals surface area contributed by atoms with E-state index in [-0.39, 0.29) is 17.1 Å². The lowest BCUT2D eigenvalue weighted by molar-refractivity contribution is -0.384. The molecule has 5 nitrogen and oxygen atoms in total. The Morgan fingerprint density at radius 3 is 2.50 bits per heavy atom. The maximum atomic E-state index is 11.9. The molecule has 0 amide bonds. The van der Waals surface area contributed by atoms with E-state index in [9.17, 15) is 23.3 Å². The van der Waals surface area contributed by atoms with E-state index in [1.165, 1.54) is 0 Å². The maximum Gasteiger partial charge on any atom is 0.405 e. The molecule has 0 atom stereocenters. The van der Waals surface area contributed by atoms with Crippen LogP contribution < -0.4 is 11.1 Å². The first-order valence-electron chi connectivity index (χ1n) is 4.14. The van der Waals surface area contributed by atoms with Gasteiger partial charge in [0.15, 0.2) is 0 Å². The zero-order valence-corrected chi connectivity index (χ0v) is 7.91. The molecule has 0 bridgehead atoms. The summed E-state index contributed by atoms with van der Waals surface area (Å²) in [7, 11) is 0. The molecule has 0 spiro atoms. The smallest absolute Gasteiger partial charge is 0.397 e. The van der Waals surface area contributed by atoms with Crippen molar-refractivity contribution in [3.05, 3.63) is 28.3 Å². The third-order valence-electron chi connectivity index (χ3n) is 1.73. The number of alkyl halides is 3.